The summed E-state index contributed by atoms with van der Waals surface area (Å²) in [6, 6.07) is 26.1. The minimum Gasteiger partial charge on any atom is -0.483 e. The standard InChI is InChI=1S/C26H28N2O2/c1-19(20-14-16-22(17-15-20)21-10-6-5-7-11-21)27-28-25(29)18-30-24-13-9-8-12-23(24)26(2,3)4/h5-17H,18H2,1-4H3,(H,28,29)/b27-19-. The Hall–Kier alpha value is -3.40. The zero-order valence-corrected chi connectivity index (χ0v) is 18.0. The van der Waals surface area contributed by atoms with Crippen LogP contribution in [0.3, 0.4) is 0 Å². The van der Waals surface area contributed by atoms with Gasteiger partial charge in [0.2, 0.25) is 0 Å². The Morgan fingerprint density at radius 1 is 0.867 bits per heavy atom. The molecule has 3 aromatic rings. The monoisotopic (exact) mass is 400 g/mol. The van der Waals surface area contributed by atoms with E-state index < -0.39 is 0 Å². The number of carbonyl (C=O) groups excluding carboxylic acids is 1. The van der Waals surface area contributed by atoms with Gasteiger partial charge in [-0.1, -0.05) is 93.6 Å². The number of rotatable bonds is 6. The minimum atomic E-state index is -0.293. The molecule has 3 aromatic carbocycles. The molecule has 0 radical (unpaired) electrons. The van der Waals surface area contributed by atoms with Crippen molar-refractivity contribution < 1.29 is 9.53 Å². The number of hydrogen-bond acceptors (Lipinski definition) is 3. The molecule has 30 heavy (non-hydrogen) atoms. The van der Waals surface area contributed by atoms with Gasteiger partial charge in [-0.2, -0.15) is 5.10 Å². The highest BCUT2D eigenvalue weighted by Gasteiger charge is 2.18. The van der Waals surface area contributed by atoms with E-state index in [2.05, 4.69) is 55.6 Å². The number of ether oxygens (including phenoxy) is 1. The van der Waals surface area contributed by atoms with Crippen LogP contribution in [-0.4, -0.2) is 18.2 Å². The van der Waals surface area contributed by atoms with Gasteiger partial charge in [-0.05, 0) is 40.7 Å². The Morgan fingerprint density at radius 3 is 2.13 bits per heavy atom. The van der Waals surface area contributed by atoms with Crippen LogP contribution in [0.1, 0.15) is 38.8 Å². The lowest BCUT2D eigenvalue weighted by Crippen LogP contribution is -2.26. The van der Waals surface area contributed by atoms with Gasteiger partial charge >= 0.3 is 0 Å². The predicted octanol–water partition coefficient (Wildman–Crippen LogP) is 5.57. The van der Waals surface area contributed by atoms with E-state index in [1.165, 1.54) is 5.56 Å². The summed E-state index contributed by atoms with van der Waals surface area (Å²) in [6.07, 6.45) is 0. The predicted molar refractivity (Wildman–Crippen MR) is 123 cm³/mol. The summed E-state index contributed by atoms with van der Waals surface area (Å²) in [7, 11) is 0. The van der Waals surface area contributed by atoms with E-state index in [1.807, 2.05) is 61.5 Å². The van der Waals surface area contributed by atoms with Gasteiger partial charge in [0.25, 0.3) is 5.91 Å². The zero-order valence-electron chi connectivity index (χ0n) is 18.0. The maximum absolute atomic E-state index is 12.2. The number of nitrogens with zero attached hydrogens (tertiary/aromatic N) is 1. The normalized spacial score (nSPS) is 11.8. The van der Waals surface area contributed by atoms with Gasteiger partial charge in [0, 0.05) is 0 Å². The molecule has 0 aliphatic heterocycles. The minimum absolute atomic E-state index is 0.0618. The van der Waals surface area contributed by atoms with E-state index in [9.17, 15) is 4.79 Å². The molecular weight excluding hydrogens is 372 g/mol. The molecule has 0 fully saturated rings. The first-order chi connectivity index (χ1) is 14.3. The molecular formula is C26H28N2O2. The Balaban J connectivity index is 1.59. The van der Waals surface area contributed by atoms with E-state index in [4.69, 9.17) is 4.74 Å². The number of amides is 1. The highest BCUT2D eigenvalue weighted by atomic mass is 16.5. The number of nitrogens with one attached hydrogen (secondary N) is 1. The summed E-state index contributed by atoms with van der Waals surface area (Å²) in [5.41, 5.74) is 7.58. The van der Waals surface area contributed by atoms with Gasteiger partial charge < -0.3 is 4.74 Å². The van der Waals surface area contributed by atoms with Gasteiger partial charge in [0.1, 0.15) is 5.75 Å². The van der Waals surface area contributed by atoms with Crippen molar-refractivity contribution in [3.05, 3.63) is 90.0 Å². The number of benzene rings is 3. The van der Waals surface area contributed by atoms with E-state index in [1.54, 1.807) is 0 Å². The maximum atomic E-state index is 12.2. The molecule has 154 valence electrons. The molecule has 0 aromatic heterocycles. The molecule has 0 spiro atoms. The van der Waals surface area contributed by atoms with Crippen molar-refractivity contribution >= 4 is 11.6 Å². The molecule has 0 saturated heterocycles. The zero-order chi connectivity index (χ0) is 21.6. The van der Waals surface area contributed by atoms with Crippen molar-refractivity contribution in [1.29, 1.82) is 0 Å². The van der Waals surface area contributed by atoms with Crippen LogP contribution in [-0.2, 0) is 10.2 Å². The van der Waals surface area contributed by atoms with Gasteiger partial charge in [-0.15, -0.1) is 0 Å². The first kappa shape index (κ1) is 21.3. The van der Waals surface area contributed by atoms with Gasteiger partial charge in [-0.3, -0.25) is 4.79 Å². The quantitative estimate of drug-likeness (QED) is 0.434. The van der Waals surface area contributed by atoms with Crippen LogP contribution in [0.15, 0.2) is 84.0 Å². The van der Waals surface area contributed by atoms with Gasteiger partial charge in [0.15, 0.2) is 6.61 Å². The van der Waals surface area contributed by atoms with E-state index in [0.717, 1.165) is 28.2 Å². The summed E-state index contributed by atoms with van der Waals surface area (Å²) in [6.45, 7) is 8.13. The van der Waals surface area contributed by atoms with Crippen LogP contribution in [0, 0.1) is 0 Å². The highest BCUT2D eigenvalue weighted by Crippen LogP contribution is 2.30. The molecule has 4 heteroatoms. The van der Waals surface area contributed by atoms with Crippen LogP contribution in [0.25, 0.3) is 11.1 Å². The molecule has 0 unspecified atom stereocenters. The van der Waals surface area contributed by atoms with Crippen LogP contribution in [0.2, 0.25) is 0 Å². The number of hydrogen-bond donors (Lipinski definition) is 1. The van der Waals surface area contributed by atoms with Gasteiger partial charge in [-0.25, -0.2) is 5.43 Å². The molecule has 3 rings (SSSR count). The fraction of sp³-hybridized carbons (Fsp3) is 0.231. The molecule has 0 saturated carbocycles. The number of para-hydroxylation sites is 1. The third-order valence-corrected chi connectivity index (χ3v) is 4.81. The van der Waals surface area contributed by atoms with Crippen molar-refractivity contribution in [2.75, 3.05) is 6.61 Å². The molecule has 0 aliphatic carbocycles. The van der Waals surface area contributed by atoms with Crippen LogP contribution >= 0.6 is 0 Å². The third-order valence-electron chi connectivity index (χ3n) is 4.81. The Kier molecular flexibility index (Phi) is 6.68. The lowest BCUT2D eigenvalue weighted by Gasteiger charge is -2.22. The van der Waals surface area contributed by atoms with Crippen LogP contribution in [0.4, 0.5) is 0 Å². The number of carbonyl (C=O) groups is 1. The summed E-state index contributed by atoms with van der Waals surface area (Å²) >= 11 is 0. The maximum Gasteiger partial charge on any atom is 0.277 e. The SMILES string of the molecule is C/C(=N/NC(=O)COc1ccccc1C(C)(C)C)c1ccc(-c2ccccc2)cc1. The van der Waals surface area contributed by atoms with Crippen LogP contribution < -0.4 is 10.2 Å². The molecule has 0 aliphatic rings. The van der Waals surface area contributed by atoms with Crippen molar-refractivity contribution in [1.82, 2.24) is 5.43 Å². The molecule has 0 atom stereocenters. The average molecular weight is 401 g/mol. The summed E-state index contributed by atoms with van der Waals surface area (Å²) in [5.74, 6) is 0.427. The Labute approximate surface area is 178 Å². The number of hydrazone groups is 1. The second kappa shape index (κ2) is 9.40. The topological polar surface area (TPSA) is 50.7 Å². The molecule has 1 amide bonds. The fourth-order valence-electron chi connectivity index (χ4n) is 3.13. The van der Waals surface area contributed by atoms with Crippen molar-refractivity contribution in [2.24, 2.45) is 5.10 Å². The smallest absolute Gasteiger partial charge is 0.277 e. The third kappa shape index (κ3) is 5.57. The van der Waals surface area contributed by atoms with Crippen molar-refractivity contribution in [3.63, 3.8) is 0 Å². The average Bonchev–Trinajstić information content (AvgIpc) is 2.76. The fourth-order valence-corrected chi connectivity index (χ4v) is 3.13. The lowest BCUT2D eigenvalue weighted by atomic mass is 9.86. The van der Waals surface area contributed by atoms with E-state index in [0.29, 0.717) is 0 Å². The van der Waals surface area contributed by atoms with Crippen molar-refractivity contribution in [2.45, 2.75) is 33.1 Å². The molecule has 4 nitrogen and oxygen atoms in total. The summed E-state index contributed by atoms with van der Waals surface area (Å²) < 4.78 is 5.75. The first-order valence-corrected chi connectivity index (χ1v) is 10.1. The Bertz CT molecular complexity index is 1020. The van der Waals surface area contributed by atoms with Crippen molar-refractivity contribution in [3.8, 4) is 16.9 Å². The molecule has 1 N–H and O–H groups in total. The highest BCUT2D eigenvalue weighted by molar-refractivity contribution is 5.99. The summed E-state index contributed by atoms with van der Waals surface area (Å²) in [4.78, 5) is 12.2. The lowest BCUT2D eigenvalue weighted by molar-refractivity contribution is -0.123. The molecule has 0 bridgehead atoms. The van der Waals surface area contributed by atoms with Gasteiger partial charge in [0.05, 0.1) is 5.71 Å². The largest absolute Gasteiger partial charge is 0.483 e. The Morgan fingerprint density at radius 2 is 1.47 bits per heavy atom. The molecule has 0 heterocycles. The second-order valence-electron chi connectivity index (χ2n) is 8.21. The second-order valence-corrected chi connectivity index (χ2v) is 8.21. The summed E-state index contributed by atoms with van der Waals surface area (Å²) in [5, 5.41) is 4.22. The van der Waals surface area contributed by atoms with E-state index in [-0.39, 0.29) is 17.9 Å². The van der Waals surface area contributed by atoms with E-state index >= 15 is 0 Å². The first-order valence-electron chi connectivity index (χ1n) is 10.1. The van der Waals surface area contributed by atoms with Crippen LogP contribution in [0.5, 0.6) is 5.75 Å².